The van der Waals surface area contributed by atoms with Crippen molar-refractivity contribution in [2.75, 3.05) is 10.2 Å². The molecule has 1 saturated heterocycles. The Morgan fingerprint density at radius 2 is 1.77 bits per heavy atom. The van der Waals surface area contributed by atoms with Gasteiger partial charge in [0, 0.05) is 10.7 Å². The average molecular weight is 442 g/mol. The summed E-state index contributed by atoms with van der Waals surface area (Å²) in [5.74, 6) is -0.978. The molecule has 1 fully saturated rings. The van der Waals surface area contributed by atoms with Crippen LogP contribution < -0.4 is 10.2 Å². The third-order valence-electron chi connectivity index (χ3n) is 4.82. The molecule has 4 amide bonds. The van der Waals surface area contributed by atoms with Crippen molar-refractivity contribution in [2.45, 2.75) is 19.0 Å². The van der Waals surface area contributed by atoms with Crippen LogP contribution in [0.2, 0.25) is 5.02 Å². The van der Waals surface area contributed by atoms with E-state index in [2.05, 4.69) is 5.32 Å². The van der Waals surface area contributed by atoms with Gasteiger partial charge in [-0.2, -0.15) is 0 Å². The van der Waals surface area contributed by atoms with Gasteiger partial charge < -0.3 is 14.6 Å². The largest absolute Gasteiger partial charge is 0.467 e. The lowest BCUT2D eigenvalue weighted by molar-refractivity contribution is -0.124. The molecule has 1 atom stereocenters. The van der Waals surface area contributed by atoms with Crippen LogP contribution in [-0.2, 0) is 16.1 Å². The molecule has 1 aliphatic rings. The number of urea groups is 1. The fourth-order valence-electron chi connectivity index (χ4n) is 3.33. The summed E-state index contributed by atoms with van der Waals surface area (Å²) in [6.45, 7) is 0.0240. The highest BCUT2D eigenvalue weighted by atomic mass is 35.5. The number of rotatable bonds is 6. The number of halogens is 2. The number of hydrogen-bond acceptors (Lipinski definition) is 4. The van der Waals surface area contributed by atoms with Crippen LogP contribution in [0.25, 0.3) is 0 Å². The van der Waals surface area contributed by atoms with E-state index in [4.69, 9.17) is 16.0 Å². The minimum Gasteiger partial charge on any atom is -0.467 e. The van der Waals surface area contributed by atoms with Crippen LogP contribution >= 0.6 is 11.6 Å². The van der Waals surface area contributed by atoms with Gasteiger partial charge in [-0.05, 0) is 60.7 Å². The van der Waals surface area contributed by atoms with Crippen LogP contribution in [0.5, 0.6) is 0 Å². The van der Waals surface area contributed by atoms with Crippen LogP contribution in [0.1, 0.15) is 12.2 Å². The van der Waals surface area contributed by atoms with Gasteiger partial charge >= 0.3 is 6.03 Å². The number of imide groups is 1. The van der Waals surface area contributed by atoms with E-state index in [1.165, 1.54) is 35.4 Å². The lowest BCUT2D eigenvalue weighted by atomic mass is 10.1. The predicted octanol–water partition coefficient (Wildman–Crippen LogP) is 4.44. The number of carbonyl (C=O) groups is 3. The quantitative estimate of drug-likeness (QED) is 0.573. The van der Waals surface area contributed by atoms with E-state index in [1.54, 1.807) is 36.4 Å². The second-order valence-corrected chi connectivity index (χ2v) is 7.35. The molecule has 0 aliphatic carbocycles. The SMILES string of the molecule is O=C(C[C@@H]1C(=O)N(c2ccc(Cl)cc2)C(=O)N1Cc1ccco1)Nc1ccc(F)cc1. The molecule has 0 bridgehead atoms. The van der Waals surface area contributed by atoms with Crippen molar-refractivity contribution in [1.82, 2.24) is 4.90 Å². The lowest BCUT2D eigenvalue weighted by Gasteiger charge is -2.20. The molecule has 2 aromatic carbocycles. The third-order valence-corrected chi connectivity index (χ3v) is 5.07. The van der Waals surface area contributed by atoms with Crippen molar-refractivity contribution in [3.8, 4) is 0 Å². The molecule has 2 heterocycles. The van der Waals surface area contributed by atoms with Crippen molar-refractivity contribution >= 4 is 40.8 Å². The van der Waals surface area contributed by atoms with Crippen LogP contribution in [0.4, 0.5) is 20.6 Å². The Balaban J connectivity index is 1.58. The van der Waals surface area contributed by atoms with E-state index in [-0.39, 0.29) is 13.0 Å². The van der Waals surface area contributed by atoms with E-state index in [0.717, 1.165) is 4.90 Å². The third kappa shape index (κ3) is 4.44. The van der Waals surface area contributed by atoms with Gasteiger partial charge in [0.25, 0.3) is 5.91 Å². The number of hydrogen-bond donors (Lipinski definition) is 1. The fourth-order valence-corrected chi connectivity index (χ4v) is 3.46. The summed E-state index contributed by atoms with van der Waals surface area (Å²) in [6, 6.07) is 13.3. The van der Waals surface area contributed by atoms with Crippen molar-refractivity contribution in [3.05, 3.63) is 83.5 Å². The molecule has 7 nitrogen and oxygen atoms in total. The number of nitrogens with zero attached hydrogens (tertiary/aromatic N) is 2. The summed E-state index contributed by atoms with van der Waals surface area (Å²) in [6.07, 6.45) is 1.19. The van der Waals surface area contributed by atoms with Crippen molar-refractivity contribution in [2.24, 2.45) is 0 Å². The van der Waals surface area contributed by atoms with Gasteiger partial charge in [0.15, 0.2) is 0 Å². The van der Waals surface area contributed by atoms with Gasteiger partial charge in [0.2, 0.25) is 5.91 Å². The van der Waals surface area contributed by atoms with E-state index in [1.807, 2.05) is 0 Å². The van der Waals surface area contributed by atoms with Crippen LogP contribution in [-0.4, -0.2) is 28.8 Å². The van der Waals surface area contributed by atoms with Gasteiger partial charge in [0.1, 0.15) is 17.6 Å². The summed E-state index contributed by atoms with van der Waals surface area (Å²) < 4.78 is 18.4. The Morgan fingerprint density at radius 1 is 1.06 bits per heavy atom. The van der Waals surface area contributed by atoms with E-state index in [0.29, 0.717) is 22.2 Å². The molecule has 1 N–H and O–H groups in total. The Labute approximate surface area is 182 Å². The molecule has 31 heavy (non-hydrogen) atoms. The second kappa shape index (κ2) is 8.61. The maximum atomic E-state index is 13.1. The van der Waals surface area contributed by atoms with Gasteiger partial charge in [-0.3, -0.25) is 9.59 Å². The smallest absolute Gasteiger partial charge is 0.332 e. The monoisotopic (exact) mass is 441 g/mol. The molecule has 0 unspecified atom stereocenters. The fraction of sp³-hybridized carbons (Fsp3) is 0.136. The molecule has 0 radical (unpaired) electrons. The van der Waals surface area contributed by atoms with Crippen LogP contribution in [0.3, 0.4) is 0 Å². The maximum Gasteiger partial charge on any atom is 0.332 e. The molecule has 0 spiro atoms. The van der Waals surface area contributed by atoms with E-state index < -0.39 is 29.7 Å². The van der Waals surface area contributed by atoms with E-state index >= 15 is 0 Å². The standard InChI is InChI=1S/C22H17ClFN3O4/c23-14-3-9-17(10-4-14)27-21(29)19(26(22(27)30)13-18-2-1-11-31-18)12-20(28)25-16-7-5-15(24)6-8-16/h1-11,19H,12-13H2,(H,25,28)/t19-/m1/s1. The molecule has 3 aromatic rings. The Morgan fingerprint density at radius 3 is 2.42 bits per heavy atom. The average Bonchev–Trinajstić information content (AvgIpc) is 3.33. The highest BCUT2D eigenvalue weighted by Gasteiger charge is 2.47. The molecule has 4 rings (SSSR count). The first-order valence-electron chi connectivity index (χ1n) is 9.40. The van der Waals surface area contributed by atoms with Gasteiger partial charge in [0.05, 0.1) is 24.9 Å². The topological polar surface area (TPSA) is 82.9 Å². The molecule has 1 aliphatic heterocycles. The highest BCUT2D eigenvalue weighted by molar-refractivity contribution is 6.30. The first kappa shape index (κ1) is 20.6. The number of nitrogens with one attached hydrogen (secondary N) is 1. The second-order valence-electron chi connectivity index (χ2n) is 6.91. The van der Waals surface area contributed by atoms with Gasteiger partial charge in [-0.15, -0.1) is 0 Å². The molecule has 0 saturated carbocycles. The molecule has 1 aromatic heterocycles. The zero-order chi connectivity index (χ0) is 22.0. The lowest BCUT2D eigenvalue weighted by Crippen LogP contribution is -2.37. The van der Waals surface area contributed by atoms with Crippen LogP contribution in [0.15, 0.2) is 71.3 Å². The zero-order valence-corrected chi connectivity index (χ0v) is 16.9. The summed E-state index contributed by atoms with van der Waals surface area (Å²) in [5.41, 5.74) is 0.737. The van der Waals surface area contributed by atoms with E-state index in [9.17, 15) is 18.8 Å². The predicted molar refractivity (Wildman–Crippen MR) is 112 cm³/mol. The molecular formula is C22H17ClFN3O4. The summed E-state index contributed by atoms with van der Waals surface area (Å²) in [5, 5.41) is 3.08. The number of carbonyl (C=O) groups excluding carboxylic acids is 3. The zero-order valence-electron chi connectivity index (χ0n) is 16.1. The minimum atomic E-state index is -1.03. The molecule has 158 valence electrons. The number of amides is 4. The Kier molecular flexibility index (Phi) is 5.73. The number of anilines is 2. The van der Waals surface area contributed by atoms with Crippen LogP contribution in [0, 0.1) is 5.82 Å². The summed E-state index contributed by atoms with van der Waals surface area (Å²) in [4.78, 5) is 41.1. The molecular weight excluding hydrogens is 425 g/mol. The Bertz CT molecular complexity index is 1100. The maximum absolute atomic E-state index is 13.1. The summed E-state index contributed by atoms with van der Waals surface area (Å²) >= 11 is 5.91. The number of furan rings is 1. The highest BCUT2D eigenvalue weighted by Crippen LogP contribution is 2.29. The molecule has 9 heteroatoms. The van der Waals surface area contributed by atoms with Crippen molar-refractivity contribution < 1.29 is 23.2 Å². The van der Waals surface area contributed by atoms with Crippen molar-refractivity contribution in [1.29, 1.82) is 0 Å². The normalized spacial score (nSPS) is 16.1. The van der Waals surface area contributed by atoms with Gasteiger partial charge in [-0.25, -0.2) is 14.1 Å². The first-order valence-corrected chi connectivity index (χ1v) is 9.78. The summed E-state index contributed by atoms with van der Waals surface area (Å²) in [7, 11) is 0. The van der Waals surface area contributed by atoms with Crippen molar-refractivity contribution in [3.63, 3.8) is 0 Å². The Hall–Kier alpha value is -3.65. The minimum absolute atomic E-state index is 0.0240. The van der Waals surface area contributed by atoms with Gasteiger partial charge in [-0.1, -0.05) is 11.6 Å². The first-order chi connectivity index (χ1) is 14.9. The number of benzene rings is 2.